The number of nitro groups is 1. The molecular formula is C18H20F3N5O5. The first-order chi connectivity index (χ1) is 14.4. The summed E-state index contributed by atoms with van der Waals surface area (Å²) in [5.74, 6) is -0.963. The number of anilines is 1. The van der Waals surface area contributed by atoms with Crippen LogP contribution in [0.25, 0.3) is 0 Å². The zero-order chi connectivity index (χ0) is 23.0. The van der Waals surface area contributed by atoms with Gasteiger partial charge in [0.25, 0.3) is 17.5 Å². The number of rotatable bonds is 5. The van der Waals surface area contributed by atoms with Gasteiger partial charge < -0.3 is 5.32 Å². The average Bonchev–Trinajstić information content (AvgIpc) is 2.92. The lowest BCUT2D eigenvalue weighted by Gasteiger charge is -2.33. The van der Waals surface area contributed by atoms with Crippen LogP contribution in [-0.2, 0) is 15.8 Å². The van der Waals surface area contributed by atoms with E-state index in [1.807, 2.05) is 6.92 Å². The minimum Gasteiger partial charge on any atom is -0.323 e. The Labute approximate surface area is 174 Å². The van der Waals surface area contributed by atoms with Crippen molar-refractivity contribution in [1.82, 2.24) is 15.6 Å². The Balaban J connectivity index is 1.65. The quantitative estimate of drug-likeness (QED) is 0.364. The fourth-order valence-electron chi connectivity index (χ4n) is 3.70. The number of benzene rings is 1. The van der Waals surface area contributed by atoms with Crippen molar-refractivity contribution in [3.8, 4) is 0 Å². The number of carbonyl (C=O) groups is 3. The van der Waals surface area contributed by atoms with Crippen molar-refractivity contribution < 1.29 is 32.5 Å². The molecule has 1 heterocycles. The third-order valence-corrected chi connectivity index (χ3v) is 5.53. The second-order valence-corrected chi connectivity index (χ2v) is 7.75. The van der Waals surface area contributed by atoms with E-state index < -0.39 is 52.3 Å². The smallest absolute Gasteiger partial charge is 0.323 e. The molecule has 1 aliphatic heterocycles. The lowest BCUT2D eigenvalue weighted by molar-refractivity contribution is -0.384. The van der Waals surface area contributed by atoms with Crippen molar-refractivity contribution in [2.75, 3.05) is 12.0 Å². The third-order valence-electron chi connectivity index (χ3n) is 5.53. The molecule has 1 saturated heterocycles. The second kappa shape index (κ2) is 8.04. The molecule has 3 N–H and O–H groups in total. The van der Waals surface area contributed by atoms with E-state index >= 15 is 0 Å². The SMILES string of the molecule is CC1CCC2(CC1)NC(=O)N(CC(=O)NNc1ccc(C(F)(F)F)cc1[N+](=O)[O-])C2=O. The highest BCUT2D eigenvalue weighted by Gasteiger charge is 2.52. The number of nitro benzene ring substituents is 1. The van der Waals surface area contributed by atoms with Gasteiger partial charge in [0, 0.05) is 6.07 Å². The van der Waals surface area contributed by atoms with Crippen molar-refractivity contribution in [1.29, 1.82) is 0 Å². The predicted molar refractivity (Wildman–Crippen MR) is 100 cm³/mol. The Hall–Kier alpha value is -3.38. The molecule has 0 bridgehead atoms. The van der Waals surface area contributed by atoms with Gasteiger partial charge in [-0.2, -0.15) is 13.2 Å². The Morgan fingerprint density at radius 3 is 2.55 bits per heavy atom. The number of halogens is 3. The van der Waals surface area contributed by atoms with Crippen LogP contribution in [0.4, 0.5) is 29.3 Å². The van der Waals surface area contributed by atoms with Gasteiger partial charge in [0.15, 0.2) is 0 Å². The fourth-order valence-corrected chi connectivity index (χ4v) is 3.70. The summed E-state index contributed by atoms with van der Waals surface area (Å²) in [6, 6.07) is 1.04. The van der Waals surface area contributed by atoms with Gasteiger partial charge in [-0.1, -0.05) is 6.92 Å². The summed E-state index contributed by atoms with van der Waals surface area (Å²) in [5.41, 5.74) is 0.711. The van der Waals surface area contributed by atoms with E-state index in [1.165, 1.54) is 0 Å². The lowest BCUT2D eigenvalue weighted by atomic mass is 9.77. The van der Waals surface area contributed by atoms with Crippen LogP contribution in [0.5, 0.6) is 0 Å². The molecule has 1 aliphatic carbocycles. The normalized spacial score (nSPS) is 23.6. The van der Waals surface area contributed by atoms with Crippen LogP contribution in [0, 0.1) is 16.0 Å². The standard InChI is InChI=1S/C18H20F3N5O5/c1-10-4-6-17(7-5-10)15(28)25(16(29)22-17)9-14(27)24-23-12-3-2-11(18(19,20)21)8-13(12)26(30)31/h2-3,8,10,23H,4-7,9H2,1H3,(H,22,29)(H,24,27). The number of carbonyl (C=O) groups excluding carboxylic acids is 3. The molecule has 0 unspecified atom stereocenters. The van der Waals surface area contributed by atoms with Gasteiger partial charge in [0.2, 0.25) is 0 Å². The largest absolute Gasteiger partial charge is 0.416 e. The van der Waals surface area contributed by atoms with Gasteiger partial charge in [-0.25, -0.2) is 4.79 Å². The maximum atomic E-state index is 12.8. The van der Waals surface area contributed by atoms with Gasteiger partial charge in [-0.05, 0) is 43.7 Å². The highest BCUT2D eigenvalue weighted by Crippen LogP contribution is 2.36. The first kappa shape index (κ1) is 22.3. The molecule has 0 radical (unpaired) electrons. The van der Waals surface area contributed by atoms with E-state index in [4.69, 9.17) is 0 Å². The van der Waals surface area contributed by atoms with Gasteiger partial charge in [0.05, 0.1) is 10.5 Å². The summed E-state index contributed by atoms with van der Waals surface area (Å²) in [4.78, 5) is 48.0. The highest BCUT2D eigenvalue weighted by atomic mass is 19.4. The minimum absolute atomic E-state index is 0.333. The van der Waals surface area contributed by atoms with Crippen molar-refractivity contribution >= 4 is 29.2 Å². The molecule has 168 valence electrons. The van der Waals surface area contributed by atoms with Gasteiger partial charge in [-0.3, -0.25) is 35.5 Å². The predicted octanol–water partition coefficient (Wildman–Crippen LogP) is 2.56. The second-order valence-electron chi connectivity index (χ2n) is 7.75. The molecule has 1 aromatic carbocycles. The zero-order valence-corrected chi connectivity index (χ0v) is 16.4. The van der Waals surface area contributed by atoms with Gasteiger partial charge >= 0.3 is 12.2 Å². The molecule has 2 aliphatic rings. The van der Waals surface area contributed by atoms with E-state index in [0.29, 0.717) is 30.9 Å². The summed E-state index contributed by atoms with van der Waals surface area (Å²) >= 11 is 0. The van der Waals surface area contributed by atoms with E-state index in [9.17, 15) is 37.7 Å². The van der Waals surface area contributed by atoms with Crippen LogP contribution < -0.4 is 16.2 Å². The number of urea groups is 1. The number of imide groups is 1. The number of amides is 4. The fraction of sp³-hybridized carbons (Fsp3) is 0.500. The first-order valence-corrected chi connectivity index (χ1v) is 9.47. The maximum absolute atomic E-state index is 12.8. The molecule has 1 saturated carbocycles. The van der Waals surface area contributed by atoms with Crippen LogP contribution in [0.1, 0.15) is 38.2 Å². The molecule has 1 aromatic rings. The average molecular weight is 443 g/mol. The van der Waals surface area contributed by atoms with E-state index in [-0.39, 0.29) is 5.69 Å². The zero-order valence-electron chi connectivity index (χ0n) is 16.4. The van der Waals surface area contributed by atoms with E-state index in [1.54, 1.807) is 0 Å². The first-order valence-electron chi connectivity index (χ1n) is 9.47. The van der Waals surface area contributed by atoms with Crippen LogP contribution in [-0.4, -0.2) is 39.8 Å². The van der Waals surface area contributed by atoms with Crippen LogP contribution >= 0.6 is 0 Å². The van der Waals surface area contributed by atoms with Crippen molar-refractivity contribution in [2.45, 2.75) is 44.3 Å². The summed E-state index contributed by atoms with van der Waals surface area (Å²) < 4.78 is 38.3. The third kappa shape index (κ3) is 4.54. The van der Waals surface area contributed by atoms with Crippen molar-refractivity contribution in [3.63, 3.8) is 0 Å². The number of hydrogen-bond donors (Lipinski definition) is 3. The summed E-state index contributed by atoms with van der Waals surface area (Å²) in [5, 5.41) is 13.7. The van der Waals surface area contributed by atoms with E-state index in [0.717, 1.165) is 23.8 Å². The van der Waals surface area contributed by atoms with Crippen molar-refractivity contribution in [2.24, 2.45) is 5.92 Å². The molecule has 1 spiro atoms. The maximum Gasteiger partial charge on any atom is 0.416 e. The molecule has 10 nitrogen and oxygen atoms in total. The number of hydrogen-bond acceptors (Lipinski definition) is 6. The molecule has 13 heteroatoms. The van der Waals surface area contributed by atoms with Crippen LogP contribution in [0.2, 0.25) is 0 Å². The summed E-state index contributed by atoms with van der Waals surface area (Å²) in [7, 11) is 0. The Kier molecular flexibility index (Phi) is 5.79. The summed E-state index contributed by atoms with van der Waals surface area (Å²) in [6.45, 7) is 1.40. The minimum atomic E-state index is -4.77. The topological polar surface area (TPSA) is 134 Å². The Morgan fingerprint density at radius 2 is 1.97 bits per heavy atom. The Morgan fingerprint density at radius 1 is 1.32 bits per heavy atom. The van der Waals surface area contributed by atoms with E-state index in [2.05, 4.69) is 16.2 Å². The number of hydrazine groups is 1. The highest BCUT2D eigenvalue weighted by molar-refractivity contribution is 6.09. The molecule has 2 fully saturated rings. The Bertz CT molecular complexity index is 928. The molecule has 31 heavy (non-hydrogen) atoms. The number of alkyl halides is 3. The number of nitrogens with one attached hydrogen (secondary N) is 3. The van der Waals surface area contributed by atoms with Gasteiger partial charge in [-0.15, -0.1) is 0 Å². The molecule has 3 rings (SSSR count). The molecule has 0 atom stereocenters. The molecule has 0 aromatic heterocycles. The number of nitrogens with zero attached hydrogens (tertiary/aromatic N) is 2. The van der Waals surface area contributed by atoms with Crippen LogP contribution in [0.3, 0.4) is 0 Å². The van der Waals surface area contributed by atoms with Crippen LogP contribution in [0.15, 0.2) is 18.2 Å². The monoisotopic (exact) mass is 443 g/mol. The molecular weight excluding hydrogens is 423 g/mol. The van der Waals surface area contributed by atoms with Gasteiger partial charge in [0.1, 0.15) is 17.8 Å². The summed E-state index contributed by atoms with van der Waals surface area (Å²) in [6.07, 6.45) is -2.33. The molecule has 4 amide bonds. The van der Waals surface area contributed by atoms with Crippen molar-refractivity contribution in [3.05, 3.63) is 33.9 Å². The lowest BCUT2D eigenvalue weighted by Crippen LogP contribution is -2.50.